The second kappa shape index (κ2) is 3.28. The average Bonchev–Trinajstić information content (AvgIpc) is 2.64. The lowest BCUT2D eigenvalue weighted by atomic mass is 9.92. The molecule has 1 aliphatic rings. The molecule has 2 nitrogen and oxygen atoms in total. The molecule has 0 spiro atoms. The van der Waals surface area contributed by atoms with Crippen LogP contribution in [0.15, 0.2) is 18.2 Å². The Balaban J connectivity index is 2.38. The minimum Gasteiger partial charge on any atom is -0.493 e. The van der Waals surface area contributed by atoms with E-state index in [0.29, 0.717) is 0 Å². The molecule has 1 aliphatic heterocycles. The van der Waals surface area contributed by atoms with Crippen LogP contribution in [0.1, 0.15) is 31.4 Å². The fourth-order valence-corrected chi connectivity index (χ4v) is 1.73. The summed E-state index contributed by atoms with van der Waals surface area (Å²) in [4.78, 5) is 0. The topological polar surface area (TPSA) is 29.5 Å². The fraction of sp³-hybridized carbons (Fsp3) is 0.500. The molecule has 0 amide bonds. The normalized spacial score (nSPS) is 18.5. The Labute approximate surface area is 84.5 Å². The number of aliphatic hydroxyl groups is 1. The molecule has 1 atom stereocenters. The highest BCUT2D eigenvalue weighted by Gasteiger charge is 2.22. The van der Waals surface area contributed by atoms with Gasteiger partial charge >= 0.3 is 0 Å². The molecule has 1 unspecified atom stereocenters. The van der Waals surface area contributed by atoms with Gasteiger partial charge < -0.3 is 9.84 Å². The van der Waals surface area contributed by atoms with Gasteiger partial charge in [-0.2, -0.15) is 0 Å². The summed E-state index contributed by atoms with van der Waals surface area (Å²) in [7, 11) is 0. The summed E-state index contributed by atoms with van der Waals surface area (Å²) in [5.74, 6) is 0.973. The third-order valence-corrected chi connectivity index (χ3v) is 3.00. The van der Waals surface area contributed by atoms with Gasteiger partial charge in [0.25, 0.3) is 0 Å². The van der Waals surface area contributed by atoms with Gasteiger partial charge in [0.15, 0.2) is 0 Å². The van der Waals surface area contributed by atoms with Crippen LogP contribution in [0.25, 0.3) is 0 Å². The Morgan fingerprint density at radius 3 is 3.00 bits per heavy atom. The van der Waals surface area contributed by atoms with Crippen molar-refractivity contribution in [1.82, 2.24) is 0 Å². The summed E-state index contributed by atoms with van der Waals surface area (Å²) in [6.45, 7) is 4.61. The van der Waals surface area contributed by atoms with Crippen LogP contribution >= 0.6 is 0 Å². The van der Waals surface area contributed by atoms with Gasteiger partial charge in [0.2, 0.25) is 0 Å². The third-order valence-electron chi connectivity index (χ3n) is 3.00. The van der Waals surface area contributed by atoms with Crippen LogP contribution < -0.4 is 4.74 Å². The summed E-state index contributed by atoms with van der Waals surface area (Å²) in [5, 5.41) is 10.1. The fourth-order valence-electron chi connectivity index (χ4n) is 1.73. The number of hydrogen-bond acceptors (Lipinski definition) is 2. The van der Waals surface area contributed by atoms with Crippen LogP contribution in [0.2, 0.25) is 0 Å². The Morgan fingerprint density at radius 1 is 1.50 bits per heavy atom. The van der Waals surface area contributed by atoms with Gasteiger partial charge in [-0.1, -0.05) is 13.0 Å². The Hall–Kier alpha value is -1.02. The van der Waals surface area contributed by atoms with E-state index in [1.165, 1.54) is 5.56 Å². The maximum atomic E-state index is 10.1. The molecular weight excluding hydrogens is 176 g/mol. The highest BCUT2D eigenvalue weighted by atomic mass is 16.5. The SMILES string of the molecule is CCC(C)(O)c1ccc2c(c1)CCO2. The number of fused-ring (bicyclic) bond motifs is 1. The van der Waals surface area contributed by atoms with Crippen LogP contribution in [-0.4, -0.2) is 11.7 Å². The Bertz CT molecular complexity index is 342. The average molecular weight is 192 g/mol. The van der Waals surface area contributed by atoms with Crippen molar-refractivity contribution in [2.45, 2.75) is 32.3 Å². The number of ether oxygens (including phenoxy) is 1. The van der Waals surface area contributed by atoms with Crippen molar-refractivity contribution in [3.63, 3.8) is 0 Å². The zero-order valence-corrected chi connectivity index (χ0v) is 8.71. The van der Waals surface area contributed by atoms with Crippen LogP contribution in [-0.2, 0) is 12.0 Å². The van der Waals surface area contributed by atoms with Gasteiger partial charge in [0.1, 0.15) is 5.75 Å². The monoisotopic (exact) mass is 192 g/mol. The number of benzene rings is 1. The van der Waals surface area contributed by atoms with Crippen LogP contribution in [0.3, 0.4) is 0 Å². The first kappa shape index (κ1) is 9.53. The van der Waals surface area contributed by atoms with E-state index in [0.717, 1.165) is 30.8 Å². The van der Waals surface area contributed by atoms with Crippen molar-refractivity contribution in [2.75, 3.05) is 6.61 Å². The molecule has 0 fully saturated rings. The van der Waals surface area contributed by atoms with Gasteiger partial charge in [-0.25, -0.2) is 0 Å². The van der Waals surface area contributed by atoms with Gasteiger partial charge in [-0.05, 0) is 36.6 Å². The van der Waals surface area contributed by atoms with Crippen molar-refractivity contribution < 1.29 is 9.84 Å². The molecule has 14 heavy (non-hydrogen) atoms. The lowest BCUT2D eigenvalue weighted by Crippen LogP contribution is -2.19. The van der Waals surface area contributed by atoms with Crippen LogP contribution in [0.5, 0.6) is 5.75 Å². The molecule has 2 rings (SSSR count). The number of hydrogen-bond donors (Lipinski definition) is 1. The first-order valence-corrected chi connectivity index (χ1v) is 5.12. The molecule has 1 N–H and O–H groups in total. The number of rotatable bonds is 2. The van der Waals surface area contributed by atoms with E-state index in [1.54, 1.807) is 0 Å². The van der Waals surface area contributed by atoms with Crippen molar-refractivity contribution in [1.29, 1.82) is 0 Å². The summed E-state index contributed by atoms with van der Waals surface area (Å²) >= 11 is 0. The molecule has 76 valence electrons. The Morgan fingerprint density at radius 2 is 2.29 bits per heavy atom. The predicted molar refractivity (Wildman–Crippen MR) is 55.5 cm³/mol. The van der Waals surface area contributed by atoms with E-state index in [9.17, 15) is 5.11 Å². The molecular formula is C12H16O2. The zero-order chi connectivity index (χ0) is 10.2. The molecule has 1 heterocycles. The summed E-state index contributed by atoms with van der Waals surface area (Å²) < 4.78 is 5.42. The highest BCUT2D eigenvalue weighted by Crippen LogP contribution is 2.31. The van der Waals surface area contributed by atoms with E-state index >= 15 is 0 Å². The standard InChI is InChI=1S/C12H16O2/c1-3-12(2,13)10-4-5-11-9(8-10)6-7-14-11/h4-5,8,13H,3,6-7H2,1-2H3. The van der Waals surface area contributed by atoms with Crippen molar-refractivity contribution in [3.05, 3.63) is 29.3 Å². The Kier molecular flexibility index (Phi) is 2.23. The lowest BCUT2D eigenvalue weighted by Gasteiger charge is -2.22. The molecule has 0 radical (unpaired) electrons. The van der Waals surface area contributed by atoms with Crippen molar-refractivity contribution in [2.24, 2.45) is 0 Å². The molecule has 0 bridgehead atoms. The highest BCUT2D eigenvalue weighted by molar-refractivity contribution is 5.41. The van der Waals surface area contributed by atoms with E-state index < -0.39 is 5.60 Å². The minimum atomic E-state index is -0.711. The molecule has 0 saturated carbocycles. The van der Waals surface area contributed by atoms with Gasteiger partial charge in [0.05, 0.1) is 12.2 Å². The van der Waals surface area contributed by atoms with Gasteiger partial charge in [-0.15, -0.1) is 0 Å². The summed E-state index contributed by atoms with van der Waals surface area (Å²) in [6.07, 6.45) is 1.69. The molecule has 0 saturated heterocycles. The summed E-state index contributed by atoms with van der Waals surface area (Å²) in [6, 6.07) is 5.97. The van der Waals surface area contributed by atoms with E-state index in [4.69, 9.17) is 4.74 Å². The van der Waals surface area contributed by atoms with Gasteiger partial charge in [0, 0.05) is 6.42 Å². The first-order chi connectivity index (χ1) is 6.63. The van der Waals surface area contributed by atoms with Gasteiger partial charge in [-0.3, -0.25) is 0 Å². The zero-order valence-electron chi connectivity index (χ0n) is 8.71. The smallest absolute Gasteiger partial charge is 0.122 e. The van der Waals surface area contributed by atoms with Crippen molar-refractivity contribution >= 4 is 0 Å². The molecule has 0 aliphatic carbocycles. The molecule has 0 aromatic heterocycles. The first-order valence-electron chi connectivity index (χ1n) is 5.12. The largest absolute Gasteiger partial charge is 0.493 e. The molecule has 1 aromatic rings. The predicted octanol–water partition coefficient (Wildman–Crippen LogP) is 2.24. The maximum Gasteiger partial charge on any atom is 0.122 e. The second-order valence-electron chi connectivity index (χ2n) is 4.05. The second-order valence-corrected chi connectivity index (χ2v) is 4.05. The van der Waals surface area contributed by atoms with Crippen LogP contribution in [0, 0.1) is 0 Å². The van der Waals surface area contributed by atoms with Crippen LogP contribution in [0.4, 0.5) is 0 Å². The third kappa shape index (κ3) is 1.50. The maximum absolute atomic E-state index is 10.1. The molecule has 2 heteroatoms. The minimum absolute atomic E-state index is 0.711. The summed E-state index contributed by atoms with van der Waals surface area (Å²) in [5.41, 5.74) is 1.50. The lowest BCUT2D eigenvalue weighted by molar-refractivity contribution is 0.0530. The van der Waals surface area contributed by atoms with Crippen molar-refractivity contribution in [3.8, 4) is 5.75 Å². The van der Waals surface area contributed by atoms with E-state index in [-0.39, 0.29) is 0 Å². The van der Waals surface area contributed by atoms with E-state index in [2.05, 4.69) is 6.07 Å². The van der Waals surface area contributed by atoms with E-state index in [1.807, 2.05) is 26.0 Å². The molecule has 1 aromatic carbocycles. The quantitative estimate of drug-likeness (QED) is 0.778.